The van der Waals surface area contributed by atoms with E-state index in [4.69, 9.17) is 21.3 Å². The van der Waals surface area contributed by atoms with Gasteiger partial charge >= 0.3 is 0 Å². The molecule has 0 aliphatic heterocycles. The Kier molecular flexibility index (Phi) is 7.00. The van der Waals surface area contributed by atoms with Crippen LogP contribution in [0.4, 0.5) is 17.1 Å². The summed E-state index contributed by atoms with van der Waals surface area (Å²) in [6, 6.07) is 13.6. The van der Waals surface area contributed by atoms with Gasteiger partial charge in [0.2, 0.25) is 0 Å². The number of nitrogens with zero attached hydrogens (tertiary/aromatic N) is 3. The van der Waals surface area contributed by atoms with Crippen molar-refractivity contribution < 1.29 is 4.74 Å². The molecule has 0 bridgehead atoms. The molecule has 0 spiro atoms. The van der Waals surface area contributed by atoms with Crippen molar-refractivity contribution in [3.63, 3.8) is 0 Å². The first-order chi connectivity index (χ1) is 16.8. The predicted octanol–water partition coefficient (Wildman–Crippen LogP) is 6.17. The predicted molar refractivity (Wildman–Crippen MR) is 145 cm³/mol. The summed E-state index contributed by atoms with van der Waals surface area (Å²) >= 11 is 6.46. The number of nitrogens with one attached hydrogen (secondary N) is 2. The Hall–Kier alpha value is -3.55. The van der Waals surface area contributed by atoms with E-state index in [1.807, 2.05) is 44.2 Å². The molecular formula is C27H30ClN5O2. The van der Waals surface area contributed by atoms with Gasteiger partial charge in [0.05, 0.1) is 11.4 Å². The van der Waals surface area contributed by atoms with E-state index in [9.17, 15) is 4.79 Å². The van der Waals surface area contributed by atoms with Crippen LogP contribution in [0.15, 0.2) is 53.8 Å². The zero-order valence-corrected chi connectivity index (χ0v) is 21.5. The third kappa shape index (κ3) is 4.57. The molecule has 0 amide bonds. The highest BCUT2D eigenvalue weighted by Crippen LogP contribution is 2.34. The van der Waals surface area contributed by atoms with Gasteiger partial charge in [0.15, 0.2) is 5.65 Å². The van der Waals surface area contributed by atoms with Gasteiger partial charge in [-0.05, 0) is 63.1 Å². The van der Waals surface area contributed by atoms with Crippen LogP contribution in [0.25, 0.3) is 22.5 Å². The summed E-state index contributed by atoms with van der Waals surface area (Å²) in [5.41, 5.74) is 7.27. The van der Waals surface area contributed by atoms with Crippen LogP contribution in [0.5, 0.6) is 0 Å². The van der Waals surface area contributed by atoms with Crippen molar-refractivity contribution >= 4 is 39.9 Å². The number of hydrogen-bond donors (Lipinski definition) is 2. The Labute approximate surface area is 210 Å². The monoisotopic (exact) mass is 491 g/mol. The lowest BCUT2D eigenvalue weighted by Crippen LogP contribution is -2.24. The largest absolute Gasteiger partial charge is 0.364 e. The Balaban J connectivity index is 1.87. The van der Waals surface area contributed by atoms with Gasteiger partial charge in [0.25, 0.3) is 5.56 Å². The molecule has 2 heterocycles. The molecule has 182 valence electrons. The third-order valence-electron chi connectivity index (χ3n) is 6.06. The molecule has 35 heavy (non-hydrogen) atoms. The minimum atomic E-state index is -0.189. The van der Waals surface area contributed by atoms with Crippen molar-refractivity contribution in [2.45, 2.75) is 27.7 Å². The Morgan fingerprint density at radius 3 is 2.63 bits per heavy atom. The van der Waals surface area contributed by atoms with Crippen molar-refractivity contribution in [2.24, 2.45) is 0 Å². The molecule has 7 nitrogen and oxygen atoms in total. The number of benzene rings is 2. The molecule has 0 saturated heterocycles. The Bertz CT molecular complexity index is 1470. The van der Waals surface area contributed by atoms with E-state index in [2.05, 4.69) is 34.9 Å². The summed E-state index contributed by atoms with van der Waals surface area (Å²) < 4.78 is 6.78. The van der Waals surface area contributed by atoms with Gasteiger partial charge in [-0.25, -0.2) is 4.98 Å². The summed E-state index contributed by atoms with van der Waals surface area (Å²) in [5.74, 6) is 0. The van der Waals surface area contributed by atoms with Crippen LogP contribution >= 0.6 is 11.6 Å². The van der Waals surface area contributed by atoms with Gasteiger partial charge in [-0.2, -0.15) is 4.52 Å². The van der Waals surface area contributed by atoms with Crippen LogP contribution in [-0.2, 0) is 4.74 Å². The minimum absolute atomic E-state index is 0.189. The zero-order valence-electron chi connectivity index (χ0n) is 20.7. The molecule has 4 aromatic rings. The maximum Gasteiger partial charge on any atom is 0.276 e. The number of fused-ring (bicyclic) bond motifs is 1. The fourth-order valence-corrected chi connectivity index (χ4v) is 4.35. The van der Waals surface area contributed by atoms with Crippen LogP contribution in [-0.4, -0.2) is 35.0 Å². The molecule has 0 unspecified atom stereocenters. The van der Waals surface area contributed by atoms with Crippen molar-refractivity contribution in [1.29, 1.82) is 0 Å². The molecule has 0 atom stereocenters. The number of allylic oxidation sites excluding steroid dienone is 1. The third-order valence-corrected chi connectivity index (χ3v) is 6.39. The number of ether oxygens (including phenoxy) is 1. The highest BCUT2D eigenvalue weighted by molar-refractivity contribution is 6.33. The second-order valence-corrected chi connectivity index (χ2v) is 8.98. The smallest absolute Gasteiger partial charge is 0.276 e. The maximum atomic E-state index is 13.3. The van der Waals surface area contributed by atoms with Crippen LogP contribution < -0.4 is 15.8 Å². The number of anilines is 3. The molecule has 2 N–H and O–H groups in total. The molecule has 0 radical (unpaired) electrons. The number of rotatable bonds is 8. The van der Waals surface area contributed by atoms with E-state index in [1.54, 1.807) is 20.1 Å². The Morgan fingerprint density at radius 1 is 1.26 bits per heavy atom. The molecule has 0 aliphatic rings. The normalized spacial score (nSPS) is 11.1. The molecule has 4 rings (SSSR count). The number of aromatic nitrogens is 3. The summed E-state index contributed by atoms with van der Waals surface area (Å²) in [4.78, 5) is 20.4. The zero-order chi connectivity index (χ0) is 25.3. The fraction of sp³-hybridized carbons (Fsp3) is 0.259. The van der Waals surface area contributed by atoms with Gasteiger partial charge in [0, 0.05) is 41.2 Å². The lowest BCUT2D eigenvalue weighted by atomic mass is 10.1. The minimum Gasteiger partial charge on any atom is -0.364 e. The summed E-state index contributed by atoms with van der Waals surface area (Å²) in [6.45, 7) is 13.2. The van der Waals surface area contributed by atoms with Crippen LogP contribution in [0.1, 0.15) is 30.7 Å². The van der Waals surface area contributed by atoms with Crippen molar-refractivity contribution in [1.82, 2.24) is 14.6 Å². The molecule has 2 aromatic heterocycles. The maximum absolute atomic E-state index is 13.3. The van der Waals surface area contributed by atoms with E-state index in [1.165, 1.54) is 4.52 Å². The number of halogens is 1. The van der Waals surface area contributed by atoms with Crippen molar-refractivity contribution in [2.75, 3.05) is 30.6 Å². The lowest BCUT2D eigenvalue weighted by molar-refractivity contribution is 0.198. The fourth-order valence-electron chi connectivity index (χ4n) is 4.12. The standard InChI is InChI=1S/C27H30ClN5O2/c1-7-32(15-35-6)19-12-13-22(17(4)14-19)29-25-23(16(2)3)31-33-26(25)30-24(18(5)27(33)34)20-10-8-9-11-21(20)28/h8-14,29,31H,2,7,15H2,1,3-6H3. The van der Waals surface area contributed by atoms with Gasteiger partial charge in [-0.15, -0.1) is 0 Å². The number of hydrogen-bond acceptors (Lipinski definition) is 5. The molecule has 0 aliphatic carbocycles. The van der Waals surface area contributed by atoms with Gasteiger partial charge < -0.3 is 15.0 Å². The molecular weight excluding hydrogens is 462 g/mol. The van der Waals surface area contributed by atoms with Crippen LogP contribution in [0.2, 0.25) is 5.02 Å². The first-order valence-corrected chi connectivity index (χ1v) is 11.8. The second-order valence-electron chi connectivity index (χ2n) is 8.57. The lowest BCUT2D eigenvalue weighted by Gasteiger charge is -2.23. The highest BCUT2D eigenvalue weighted by Gasteiger charge is 2.21. The molecule has 0 saturated carbocycles. The van der Waals surface area contributed by atoms with Crippen LogP contribution in [0.3, 0.4) is 0 Å². The first-order valence-electron chi connectivity index (χ1n) is 11.4. The van der Waals surface area contributed by atoms with E-state index in [0.29, 0.717) is 45.6 Å². The van der Waals surface area contributed by atoms with Crippen molar-refractivity contribution in [3.8, 4) is 11.3 Å². The summed E-state index contributed by atoms with van der Waals surface area (Å²) in [5, 5.41) is 7.23. The van der Waals surface area contributed by atoms with Gasteiger partial charge in [-0.3, -0.25) is 9.89 Å². The molecule has 0 fully saturated rings. The van der Waals surface area contributed by atoms with Gasteiger partial charge in [-0.1, -0.05) is 36.4 Å². The average Bonchev–Trinajstić information content (AvgIpc) is 3.20. The number of aromatic amines is 1. The number of aryl methyl sites for hydroxylation is 1. The van der Waals surface area contributed by atoms with E-state index >= 15 is 0 Å². The van der Waals surface area contributed by atoms with Crippen molar-refractivity contribution in [3.05, 3.63) is 81.2 Å². The average molecular weight is 492 g/mol. The summed E-state index contributed by atoms with van der Waals surface area (Å²) in [6.07, 6.45) is 0. The second kappa shape index (κ2) is 9.98. The Morgan fingerprint density at radius 2 is 2.00 bits per heavy atom. The SMILES string of the molecule is C=C(C)c1[nH]n2c(=O)c(C)c(-c3ccccc3Cl)nc2c1Nc1ccc(N(CC)COC)cc1C. The van der Waals surface area contributed by atoms with Crippen LogP contribution in [0, 0.1) is 13.8 Å². The number of H-pyrrole nitrogens is 1. The number of methoxy groups -OCH3 is 1. The molecule has 2 aromatic carbocycles. The highest BCUT2D eigenvalue weighted by atomic mass is 35.5. The summed E-state index contributed by atoms with van der Waals surface area (Å²) in [7, 11) is 1.69. The van der Waals surface area contributed by atoms with E-state index in [-0.39, 0.29) is 5.56 Å². The van der Waals surface area contributed by atoms with Gasteiger partial charge in [0.1, 0.15) is 12.4 Å². The quantitative estimate of drug-likeness (QED) is 0.288. The first kappa shape index (κ1) is 24.6. The van der Waals surface area contributed by atoms with E-state index in [0.717, 1.165) is 29.1 Å². The topological polar surface area (TPSA) is 74.7 Å². The van der Waals surface area contributed by atoms with E-state index < -0.39 is 0 Å². The molecule has 8 heteroatoms.